The van der Waals surface area contributed by atoms with Crippen LogP contribution in [0.2, 0.25) is 0 Å². The first kappa shape index (κ1) is 13.4. The zero-order valence-corrected chi connectivity index (χ0v) is 9.63. The lowest BCUT2D eigenvalue weighted by Crippen LogP contribution is -2.44. The topological polar surface area (TPSA) is 73.2 Å². The zero-order valence-electron chi connectivity index (χ0n) is 8.82. The van der Waals surface area contributed by atoms with Gasteiger partial charge in [-0.1, -0.05) is 6.92 Å². The maximum Gasteiger partial charge on any atom is 0.280 e. The van der Waals surface area contributed by atoms with E-state index in [1.165, 1.54) is 0 Å². The highest BCUT2D eigenvalue weighted by atomic mass is 32.2. The second kappa shape index (κ2) is 5.96. The molecule has 0 spiro atoms. The monoisotopic (exact) mass is 219 g/mol. The van der Waals surface area contributed by atoms with Gasteiger partial charge in [0.1, 0.15) is 6.54 Å². The van der Waals surface area contributed by atoms with E-state index < -0.39 is 10.2 Å². The van der Waals surface area contributed by atoms with E-state index in [9.17, 15) is 8.42 Å². The van der Waals surface area contributed by atoms with E-state index in [2.05, 4.69) is 4.72 Å². The summed E-state index contributed by atoms with van der Waals surface area (Å²) in [5.41, 5.74) is 0. The van der Waals surface area contributed by atoms with Crippen LogP contribution in [0.4, 0.5) is 0 Å². The Kier molecular flexibility index (Phi) is 5.69. The number of nitrogens with one attached hydrogen (secondary N) is 1. The molecule has 0 heterocycles. The molecular formula is C8H17N3O2S. The molecule has 0 radical (unpaired) electrons. The first-order valence-electron chi connectivity index (χ1n) is 4.58. The predicted molar refractivity (Wildman–Crippen MR) is 54.7 cm³/mol. The van der Waals surface area contributed by atoms with Gasteiger partial charge < -0.3 is 0 Å². The molecule has 0 aromatic carbocycles. The molecule has 0 amide bonds. The summed E-state index contributed by atoms with van der Waals surface area (Å²) in [7, 11) is -3.49. The summed E-state index contributed by atoms with van der Waals surface area (Å²) in [5, 5.41) is 8.48. The molecule has 14 heavy (non-hydrogen) atoms. The third-order valence-electron chi connectivity index (χ3n) is 1.44. The smallest absolute Gasteiger partial charge is 0.200 e. The molecule has 0 aromatic heterocycles. The highest BCUT2D eigenvalue weighted by Crippen LogP contribution is 2.00. The van der Waals surface area contributed by atoms with E-state index in [1.54, 1.807) is 13.8 Å². The van der Waals surface area contributed by atoms with Gasteiger partial charge in [-0.15, -0.1) is 0 Å². The van der Waals surface area contributed by atoms with Crippen LogP contribution in [0.3, 0.4) is 0 Å². The van der Waals surface area contributed by atoms with E-state index in [-0.39, 0.29) is 12.6 Å². The Morgan fingerprint density at radius 3 is 2.43 bits per heavy atom. The summed E-state index contributed by atoms with van der Waals surface area (Å²) in [4.78, 5) is 0. The van der Waals surface area contributed by atoms with Gasteiger partial charge in [-0.05, 0) is 20.3 Å². The van der Waals surface area contributed by atoms with Crippen LogP contribution in [0.1, 0.15) is 27.2 Å². The molecule has 5 nitrogen and oxygen atoms in total. The minimum absolute atomic E-state index is 0.101. The molecule has 82 valence electrons. The van der Waals surface area contributed by atoms with Crippen LogP contribution < -0.4 is 4.72 Å². The van der Waals surface area contributed by atoms with Crippen molar-refractivity contribution >= 4 is 10.2 Å². The van der Waals surface area contributed by atoms with Gasteiger partial charge in [0.15, 0.2) is 0 Å². The summed E-state index contributed by atoms with van der Waals surface area (Å²) >= 11 is 0. The summed E-state index contributed by atoms with van der Waals surface area (Å²) < 4.78 is 26.8. The molecular weight excluding hydrogens is 202 g/mol. The number of nitriles is 1. The number of hydrogen-bond acceptors (Lipinski definition) is 3. The molecule has 0 bridgehead atoms. The fourth-order valence-corrected chi connectivity index (χ4v) is 2.38. The Bertz CT molecular complexity index is 292. The van der Waals surface area contributed by atoms with E-state index in [0.29, 0.717) is 13.0 Å². The molecule has 0 aromatic rings. The second-order valence-electron chi connectivity index (χ2n) is 3.27. The van der Waals surface area contributed by atoms with E-state index >= 15 is 0 Å². The van der Waals surface area contributed by atoms with Crippen LogP contribution in [0.25, 0.3) is 0 Å². The number of hydrogen-bond donors (Lipinski definition) is 1. The lowest BCUT2D eigenvalue weighted by molar-refractivity contribution is 0.429. The van der Waals surface area contributed by atoms with Gasteiger partial charge in [0.2, 0.25) is 0 Å². The van der Waals surface area contributed by atoms with Crippen molar-refractivity contribution in [3.8, 4) is 6.07 Å². The van der Waals surface area contributed by atoms with Crippen molar-refractivity contribution < 1.29 is 8.42 Å². The molecule has 1 N–H and O–H groups in total. The summed E-state index contributed by atoms with van der Waals surface area (Å²) in [6.45, 7) is 5.63. The first-order chi connectivity index (χ1) is 6.44. The summed E-state index contributed by atoms with van der Waals surface area (Å²) in [6.07, 6.45) is 0.695. The zero-order chi connectivity index (χ0) is 11.2. The van der Waals surface area contributed by atoms with Crippen molar-refractivity contribution in [2.75, 3.05) is 13.1 Å². The fourth-order valence-electron chi connectivity index (χ4n) is 0.985. The predicted octanol–water partition coefficient (Wildman–Crippen LogP) is 0.465. The van der Waals surface area contributed by atoms with Crippen molar-refractivity contribution in [2.45, 2.75) is 33.2 Å². The standard InChI is InChI=1S/C8H17N3O2S/c1-4-6-11(7-5-9)14(12,13)10-8(2)3/h8,10H,4,6-7H2,1-3H3. The maximum absolute atomic E-state index is 11.6. The molecule has 0 atom stereocenters. The molecule has 0 unspecified atom stereocenters. The molecule has 0 aliphatic rings. The quantitative estimate of drug-likeness (QED) is 0.660. The molecule has 6 heteroatoms. The Labute approximate surface area is 85.9 Å². The highest BCUT2D eigenvalue weighted by Gasteiger charge is 2.21. The molecule has 0 aliphatic carbocycles. The van der Waals surface area contributed by atoms with Gasteiger partial charge in [0, 0.05) is 12.6 Å². The molecule has 0 fully saturated rings. The van der Waals surface area contributed by atoms with Crippen LogP contribution in [0, 0.1) is 11.3 Å². The maximum atomic E-state index is 11.6. The van der Waals surface area contributed by atoms with Crippen LogP contribution in [0.15, 0.2) is 0 Å². The highest BCUT2D eigenvalue weighted by molar-refractivity contribution is 7.87. The Morgan fingerprint density at radius 2 is 2.07 bits per heavy atom. The van der Waals surface area contributed by atoms with Gasteiger partial charge >= 0.3 is 0 Å². The second-order valence-corrected chi connectivity index (χ2v) is 4.97. The van der Waals surface area contributed by atoms with Crippen LogP contribution in [-0.2, 0) is 10.2 Å². The average molecular weight is 219 g/mol. The lowest BCUT2D eigenvalue weighted by atomic mass is 10.4. The SMILES string of the molecule is CCCN(CC#N)S(=O)(=O)NC(C)C. The lowest BCUT2D eigenvalue weighted by Gasteiger charge is -2.20. The molecule has 0 saturated carbocycles. The van der Waals surface area contributed by atoms with Crippen LogP contribution in [-0.4, -0.2) is 31.9 Å². The van der Waals surface area contributed by atoms with Gasteiger partial charge in [0.05, 0.1) is 6.07 Å². The average Bonchev–Trinajstić information content (AvgIpc) is 2.01. The summed E-state index contributed by atoms with van der Waals surface area (Å²) in [6, 6.07) is 1.68. The van der Waals surface area contributed by atoms with Gasteiger partial charge in [-0.3, -0.25) is 0 Å². The Hall–Kier alpha value is -0.640. The largest absolute Gasteiger partial charge is 0.280 e. The third-order valence-corrected chi connectivity index (χ3v) is 3.21. The first-order valence-corrected chi connectivity index (χ1v) is 6.02. The van der Waals surface area contributed by atoms with Crippen molar-refractivity contribution in [1.29, 1.82) is 5.26 Å². The normalized spacial score (nSPS) is 12.0. The molecule has 0 saturated heterocycles. The molecule has 0 aliphatic heterocycles. The fraction of sp³-hybridized carbons (Fsp3) is 0.875. The van der Waals surface area contributed by atoms with Crippen molar-refractivity contribution in [3.05, 3.63) is 0 Å². The minimum Gasteiger partial charge on any atom is -0.200 e. The number of rotatable bonds is 6. The van der Waals surface area contributed by atoms with Crippen molar-refractivity contribution in [1.82, 2.24) is 9.03 Å². The van der Waals surface area contributed by atoms with Crippen LogP contribution >= 0.6 is 0 Å². The minimum atomic E-state index is -3.49. The van der Waals surface area contributed by atoms with Crippen molar-refractivity contribution in [3.63, 3.8) is 0 Å². The summed E-state index contributed by atoms with van der Waals surface area (Å²) in [5.74, 6) is 0. The van der Waals surface area contributed by atoms with Crippen molar-refractivity contribution in [2.24, 2.45) is 0 Å². The van der Waals surface area contributed by atoms with Gasteiger partial charge in [0.25, 0.3) is 10.2 Å². The van der Waals surface area contributed by atoms with E-state index in [4.69, 9.17) is 5.26 Å². The third kappa shape index (κ3) is 4.56. The number of nitrogens with zero attached hydrogens (tertiary/aromatic N) is 2. The van der Waals surface area contributed by atoms with Gasteiger partial charge in [-0.25, -0.2) is 0 Å². The Balaban J connectivity index is 4.56. The molecule has 0 rings (SSSR count). The van der Waals surface area contributed by atoms with Crippen LogP contribution in [0.5, 0.6) is 0 Å². The van der Waals surface area contributed by atoms with E-state index in [1.807, 2.05) is 13.0 Å². The Morgan fingerprint density at radius 1 is 1.50 bits per heavy atom. The van der Waals surface area contributed by atoms with Gasteiger partial charge in [-0.2, -0.15) is 22.7 Å². The van der Waals surface area contributed by atoms with E-state index in [0.717, 1.165) is 4.31 Å².